The molecule has 96 valence electrons. The number of aromatic nitrogens is 2. The Bertz CT molecular complexity index is 614. The number of phenolic OH excluding ortho intramolecular Hbond substituents is 1. The van der Waals surface area contributed by atoms with E-state index in [4.69, 9.17) is 4.74 Å². The van der Waals surface area contributed by atoms with Crippen molar-refractivity contribution in [3.05, 3.63) is 24.1 Å². The lowest BCUT2D eigenvalue weighted by Gasteiger charge is -2.19. The molecule has 0 saturated carbocycles. The van der Waals surface area contributed by atoms with Crippen LogP contribution in [0.3, 0.4) is 0 Å². The summed E-state index contributed by atoms with van der Waals surface area (Å²) >= 11 is 0. The van der Waals surface area contributed by atoms with E-state index >= 15 is 0 Å². The van der Waals surface area contributed by atoms with Crippen molar-refractivity contribution in [2.45, 2.75) is 26.4 Å². The van der Waals surface area contributed by atoms with Crippen LogP contribution in [0.2, 0.25) is 0 Å². The first kappa shape index (κ1) is 12.3. The van der Waals surface area contributed by atoms with Crippen molar-refractivity contribution >= 4 is 17.0 Å². The lowest BCUT2D eigenvalue weighted by molar-refractivity contribution is 0.0519. The highest BCUT2D eigenvalue weighted by atomic mass is 19.1. The molecule has 2 aromatic rings. The number of hydrogen-bond acceptors (Lipinski definition) is 4. The number of halogens is 1. The van der Waals surface area contributed by atoms with Crippen LogP contribution in [0.5, 0.6) is 5.75 Å². The van der Waals surface area contributed by atoms with Crippen molar-refractivity contribution in [1.82, 2.24) is 9.78 Å². The van der Waals surface area contributed by atoms with Crippen molar-refractivity contribution in [3.8, 4) is 5.75 Å². The van der Waals surface area contributed by atoms with Gasteiger partial charge in [0.05, 0.1) is 10.9 Å². The lowest BCUT2D eigenvalue weighted by Crippen LogP contribution is -2.27. The third-order valence-corrected chi connectivity index (χ3v) is 2.18. The molecule has 0 saturated heterocycles. The van der Waals surface area contributed by atoms with E-state index in [-0.39, 0.29) is 16.7 Å². The predicted molar refractivity (Wildman–Crippen MR) is 63.0 cm³/mol. The largest absolute Gasteiger partial charge is 0.508 e. The molecule has 0 amide bonds. The second kappa shape index (κ2) is 3.97. The van der Waals surface area contributed by atoms with E-state index in [1.54, 1.807) is 20.8 Å². The summed E-state index contributed by atoms with van der Waals surface area (Å²) in [5.41, 5.74) is -0.442. The molecule has 2 rings (SSSR count). The average molecular weight is 252 g/mol. The summed E-state index contributed by atoms with van der Waals surface area (Å²) in [7, 11) is 0. The van der Waals surface area contributed by atoms with Gasteiger partial charge in [-0.3, -0.25) is 0 Å². The van der Waals surface area contributed by atoms with E-state index in [0.29, 0.717) is 0 Å². The summed E-state index contributed by atoms with van der Waals surface area (Å²) in [5.74, 6) is -0.920. The molecular weight excluding hydrogens is 239 g/mol. The van der Waals surface area contributed by atoms with Crippen molar-refractivity contribution < 1.29 is 19.0 Å². The summed E-state index contributed by atoms with van der Waals surface area (Å²) in [4.78, 5) is 11.8. The van der Waals surface area contributed by atoms with Gasteiger partial charge in [-0.1, -0.05) is 0 Å². The SMILES string of the molecule is CC(C)(C)OC(=O)n1nc(F)c2cc(O)ccc21. The van der Waals surface area contributed by atoms with Crippen molar-refractivity contribution in [2.75, 3.05) is 0 Å². The van der Waals surface area contributed by atoms with E-state index in [2.05, 4.69) is 5.10 Å². The molecule has 18 heavy (non-hydrogen) atoms. The molecule has 0 fully saturated rings. The minimum absolute atomic E-state index is 0.0702. The quantitative estimate of drug-likeness (QED) is 0.782. The number of phenols is 1. The molecular formula is C12H13FN2O3. The molecule has 6 heteroatoms. The number of fused-ring (bicyclic) bond motifs is 1. The standard InChI is InChI=1S/C12H13FN2O3/c1-12(2,3)18-11(17)15-9-5-4-7(16)6-8(9)10(13)14-15/h4-6,16H,1-3H3. The highest BCUT2D eigenvalue weighted by Crippen LogP contribution is 2.23. The molecule has 0 aliphatic heterocycles. The number of ether oxygens (including phenoxy) is 1. The van der Waals surface area contributed by atoms with Gasteiger partial charge in [0.25, 0.3) is 0 Å². The van der Waals surface area contributed by atoms with Crippen LogP contribution in [0.25, 0.3) is 10.9 Å². The molecule has 0 unspecified atom stereocenters. The maximum absolute atomic E-state index is 13.5. The number of hydrogen-bond donors (Lipinski definition) is 1. The summed E-state index contributed by atoms with van der Waals surface area (Å²) in [5, 5.41) is 12.8. The highest BCUT2D eigenvalue weighted by molar-refractivity contribution is 5.88. The zero-order valence-electron chi connectivity index (χ0n) is 10.3. The van der Waals surface area contributed by atoms with Gasteiger partial charge in [-0.2, -0.15) is 9.07 Å². The van der Waals surface area contributed by atoms with Crippen LogP contribution in [-0.2, 0) is 4.74 Å². The summed E-state index contributed by atoms with van der Waals surface area (Å²) in [6.45, 7) is 5.12. The van der Waals surface area contributed by atoms with Crippen molar-refractivity contribution in [3.63, 3.8) is 0 Å². The Labute approximate surface area is 103 Å². The lowest BCUT2D eigenvalue weighted by atomic mass is 10.2. The predicted octanol–water partition coefficient (Wildman–Crippen LogP) is 2.66. The van der Waals surface area contributed by atoms with Crippen LogP contribution in [0.1, 0.15) is 20.8 Å². The zero-order chi connectivity index (χ0) is 13.5. The van der Waals surface area contributed by atoms with Gasteiger partial charge in [-0.15, -0.1) is 5.10 Å². The molecule has 0 atom stereocenters. The number of aromatic hydroxyl groups is 1. The Morgan fingerprint density at radius 2 is 2.11 bits per heavy atom. The number of carbonyl (C=O) groups is 1. The van der Waals surface area contributed by atoms with E-state index in [9.17, 15) is 14.3 Å². The van der Waals surface area contributed by atoms with Crippen LogP contribution < -0.4 is 0 Å². The van der Waals surface area contributed by atoms with E-state index in [1.165, 1.54) is 18.2 Å². The maximum atomic E-state index is 13.5. The van der Waals surface area contributed by atoms with Gasteiger partial charge < -0.3 is 9.84 Å². The Hall–Kier alpha value is -2.11. The Morgan fingerprint density at radius 1 is 1.44 bits per heavy atom. The van der Waals surface area contributed by atoms with Gasteiger partial charge in [0.2, 0.25) is 5.95 Å². The molecule has 1 N–H and O–H groups in total. The van der Waals surface area contributed by atoms with Gasteiger partial charge in [-0.05, 0) is 39.0 Å². The van der Waals surface area contributed by atoms with Crippen molar-refractivity contribution in [1.29, 1.82) is 0 Å². The molecule has 0 spiro atoms. The third-order valence-electron chi connectivity index (χ3n) is 2.18. The first-order valence-electron chi connectivity index (χ1n) is 5.38. The fourth-order valence-corrected chi connectivity index (χ4v) is 1.51. The molecule has 0 aliphatic rings. The van der Waals surface area contributed by atoms with Gasteiger partial charge in [-0.25, -0.2) is 4.79 Å². The molecule has 5 nitrogen and oxygen atoms in total. The second-order valence-electron chi connectivity index (χ2n) is 4.88. The van der Waals surface area contributed by atoms with Crippen LogP contribution in [-0.4, -0.2) is 26.6 Å². The number of benzene rings is 1. The van der Waals surface area contributed by atoms with Gasteiger partial charge in [0.15, 0.2) is 0 Å². The van der Waals surface area contributed by atoms with Gasteiger partial charge in [0, 0.05) is 0 Å². The number of nitrogens with zero attached hydrogens (tertiary/aromatic N) is 2. The summed E-state index contributed by atoms with van der Waals surface area (Å²) < 4.78 is 19.5. The monoisotopic (exact) mass is 252 g/mol. The number of carbonyl (C=O) groups excluding carboxylic acids is 1. The average Bonchev–Trinajstić information content (AvgIpc) is 2.54. The molecule has 1 aromatic heterocycles. The Kier molecular flexibility index (Phi) is 2.73. The zero-order valence-corrected chi connectivity index (χ0v) is 10.3. The minimum Gasteiger partial charge on any atom is -0.508 e. The Morgan fingerprint density at radius 3 is 2.72 bits per heavy atom. The van der Waals surface area contributed by atoms with Crippen molar-refractivity contribution in [2.24, 2.45) is 0 Å². The second-order valence-corrected chi connectivity index (χ2v) is 4.88. The molecule has 0 bridgehead atoms. The molecule has 0 aliphatic carbocycles. The fraction of sp³-hybridized carbons (Fsp3) is 0.333. The van der Waals surface area contributed by atoms with Crippen LogP contribution in [0.4, 0.5) is 9.18 Å². The van der Waals surface area contributed by atoms with E-state index < -0.39 is 17.6 Å². The van der Waals surface area contributed by atoms with E-state index in [1.807, 2.05) is 0 Å². The Balaban J connectivity index is 2.49. The van der Waals surface area contributed by atoms with Gasteiger partial charge >= 0.3 is 6.09 Å². The van der Waals surface area contributed by atoms with Crippen LogP contribution in [0.15, 0.2) is 18.2 Å². The summed E-state index contributed by atoms with van der Waals surface area (Å²) in [6.07, 6.45) is -0.762. The smallest absolute Gasteiger partial charge is 0.435 e. The van der Waals surface area contributed by atoms with Gasteiger partial charge in [0.1, 0.15) is 11.4 Å². The first-order valence-corrected chi connectivity index (χ1v) is 5.38. The third kappa shape index (κ3) is 2.27. The summed E-state index contributed by atoms with van der Waals surface area (Å²) in [6, 6.07) is 3.97. The van der Waals surface area contributed by atoms with E-state index in [0.717, 1.165) is 4.68 Å². The first-order chi connectivity index (χ1) is 8.28. The normalized spacial score (nSPS) is 11.8. The fourth-order valence-electron chi connectivity index (χ4n) is 1.51. The molecule has 1 aromatic carbocycles. The number of rotatable bonds is 0. The van der Waals surface area contributed by atoms with Crippen LogP contribution in [0, 0.1) is 5.95 Å². The maximum Gasteiger partial charge on any atom is 0.435 e. The molecule has 0 radical (unpaired) electrons. The van der Waals surface area contributed by atoms with Crippen LogP contribution >= 0.6 is 0 Å². The minimum atomic E-state index is -0.827. The topological polar surface area (TPSA) is 64.4 Å². The molecule has 1 heterocycles. The highest BCUT2D eigenvalue weighted by Gasteiger charge is 2.22.